The van der Waals surface area contributed by atoms with E-state index in [-0.39, 0.29) is 11.8 Å². The second kappa shape index (κ2) is 8.03. The van der Waals surface area contributed by atoms with Crippen LogP contribution in [0.1, 0.15) is 56.7 Å². The molecule has 2 aromatic carbocycles. The molecule has 0 aromatic heterocycles. The zero-order valence-corrected chi connectivity index (χ0v) is 17.2. The molecule has 27 heavy (non-hydrogen) atoms. The summed E-state index contributed by atoms with van der Waals surface area (Å²) in [6.45, 7) is 4.23. The van der Waals surface area contributed by atoms with E-state index in [0.29, 0.717) is 4.90 Å². The first kappa shape index (κ1) is 19.9. The summed E-state index contributed by atoms with van der Waals surface area (Å²) in [4.78, 5) is 0.449. The van der Waals surface area contributed by atoms with Crippen LogP contribution in [0.15, 0.2) is 53.4 Å². The number of benzene rings is 2. The number of fused-ring (bicyclic) bond motifs is 1. The van der Waals surface area contributed by atoms with Gasteiger partial charge >= 0.3 is 0 Å². The van der Waals surface area contributed by atoms with Gasteiger partial charge in [0.15, 0.2) is 9.84 Å². The molecule has 0 spiro atoms. The maximum Gasteiger partial charge on any atom is 0.180 e. The van der Waals surface area contributed by atoms with E-state index in [4.69, 9.17) is 4.74 Å². The Morgan fingerprint density at radius 2 is 1.81 bits per heavy atom. The lowest BCUT2D eigenvalue weighted by atomic mass is 9.88. The Kier molecular flexibility index (Phi) is 5.92. The first-order valence-corrected chi connectivity index (χ1v) is 11.3. The van der Waals surface area contributed by atoms with E-state index in [2.05, 4.69) is 19.2 Å². The molecule has 0 amide bonds. The molecule has 0 fully saturated rings. The molecular weight excluding hydrogens is 358 g/mol. The zero-order valence-electron chi connectivity index (χ0n) is 16.4. The van der Waals surface area contributed by atoms with Crippen molar-refractivity contribution in [2.45, 2.75) is 56.0 Å². The van der Waals surface area contributed by atoms with E-state index in [0.717, 1.165) is 42.6 Å². The van der Waals surface area contributed by atoms with Gasteiger partial charge in [0.25, 0.3) is 0 Å². The molecular formula is C22H29NO3S. The molecule has 0 aliphatic carbocycles. The number of rotatable bonds is 6. The van der Waals surface area contributed by atoms with Gasteiger partial charge in [-0.25, -0.2) is 8.42 Å². The van der Waals surface area contributed by atoms with Crippen LogP contribution >= 0.6 is 0 Å². The van der Waals surface area contributed by atoms with E-state index in [9.17, 15) is 8.42 Å². The molecule has 146 valence electrons. The van der Waals surface area contributed by atoms with Crippen molar-refractivity contribution in [1.82, 2.24) is 5.32 Å². The Hall–Kier alpha value is -1.85. The molecule has 1 N–H and O–H groups in total. The Bertz CT molecular complexity index is 877. The minimum Gasteiger partial charge on any atom is -0.497 e. The number of hydrogen-bond donors (Lipinski definition) is 1. The molecule has 0 unspecified atom stereocenters. The molecule has 2 atom stereocenters. The molecule has 0 saturated carbocycles. The highest BCUT2D eigenvalue weighted by Crippen LogP contribution is 2.38. The van der Waals surface area contributed by atoms with Crippen molar-refractivity contribution in [1.29, 1.82) is 0 Å². The predicted molar refractivity (Wildman–Crippen MR) is 109 cm³/mol. The first-order chi connectivity index (χ1) is 12.9. The van der Waals surface area contributed by atoms with E-state index >= 15 is 0 Å². The van der Waals surface area contributed by atoms with Crippen molar-refractivity contribution in [2.75, 3.05) is 12.9 Å². The molecule has 0 bridgehead atoms. The van der Waals surface area contributed by atoms with Crippen LogP contribution in [0, 0.1) is 0 Å². The van der Waals surface area contributed by atoms with Crippen LogP contribution in [0.25, 0.3) is 0 Å². The van der Waals surface area contributed by atoms with Crippen LogP contribution in [0.2, 0.25) is 0 Å². The number of nitrogens with one attached hydrogen (secondary N) is 1. The van der Waals surface area contributed by atoms with Crippen LogP contribution < -0.4 is 10.1 Å². The zero-order chi connectivity index (χ0) is 19.5. The number of hydrogen-bond acceptors (Lipinski definition) is 4. The second-order valence-electron chi connectivity index (χ2n) is 7.38. The minimum atomic E-state index is -3.37. The summed E-state index contributed by atoms with van der Waals surface area (Å²) in [7, 11) is -1.72. The topological polar surface area (TPSA) is 55.4 Å². The van der Waals surface area contributed by atoms with Gasteiger partial charge < -0.3 is 4.74 Å². The van der Waals surface area contributed by atoms with Crippen LogP contribution in [-0.4, -0.2) is 26.8 Å². The molecule has 1 aliphatic rings. The SMILES string of the molecule is CCCC[C@]1(CC)CS(=O)(=O)c2ccccc2[C@@H](c2ccc(OC)cc2)N1. The highest BCUT2D eigenvalue weighted by molar-refractivity contribution is 7.91. The molecule has 0 radical (unpaired) electrons. The Morgan fingerprint density at radius 1 is 1.11 bits per heavy atom. The highest BCUT2D eigenvalue weighted by Gasteiger charge is 2.41. The fourth-order valence-electron chi connectivity index (χ4n) is 3.97. The number of unbranched alkanes of at least 4 members (excludes halogenated alkanes) is 1. The summed E-state index contributed by atoms with van der Waals surface area (Å²) in [6.07, 6.45) is 3.67. The largest absolute Gasteiger partial charge is 0.497 e. The maximum absolute atomic E-state index is 13.2. The summed E-state index contributed by atoms with van der Waals surface area (Å²) >= 11 is 0. The third-order valence-electron chi connectivity index (χ3n) is 5.62. The van der Waals surface area contributed by atoms with E-state index < -0.39 is 15.4 Å². The Balaban J connectivity index is 2.15. The third-order valence-corrected chi connectivity index (χ3v) is 7.59. The van der Waals surface area contributed by atoms with Crippen LogP contribution in [0.3, 0.4) is 0 Å². The molecule has 0 saturated heterocycles. The van der Waals surface area contributed by atoms with Gasteiger partial charge in [0.1, 0.15) is 5.75 Å². The van der Waals surface area contributed by atoms with Crippen LogP contribution in [0.4, 0.5) is 0 Å². The summed E-state index contributed by atoms with van der Waals surface area (Å²) < 4.78 is 31.8. The molecule has 2 aromatic rings. The molecule has 1 aliphatic heterocycles. The lowest BCUT2D eigenvalue weighted by Crippen LogP contribution is -2.50. The van der Waals surface area contributed by atoms with Crippen molar-refractivity contribution in [3.63, 3.8) is 0 Å². The van der Waals surface area contributed by atoms with E-state index in [1.165, 1.54) is 0 Å². The number of methoxy groups -OCH3 is 1. The summed E-state index contributed by atoms with van der Waals surface area (Å²) in [5.41, 5.74) is 1.45. The van der Waals surface area contributed by atoms with Gasteiger partial charge in [-0.1, -0.05) is 57.0 Å². The van der Waals surface area contributed by atoms with Gasteiger partial charge in [-0.05, 0) is 42.2 Å². The highest BCUT2D eigenvalue weighted by atomic mass is 32.2. The summed E-state index contributed by atoms with van der Waals surface area (Å²) in [5, 5.41) is 3.76. The summed E-state index contributed by atoms with van der Waals surface area (Å²) in [6, 6.07) is 15.1. The molecule has 4 nitrogen and oxygen atoms in total. The smallest absolute Gasteiger partial charge is 0.180 e. The van der Waals surface area contributed by atoms with E-state index in [1.807, 2.05) is 42.5 Å². The van der Waals surface area contributed by atoms with Gasteiger partial charge in [0.05, 0.1) is 23.8 Å². The fourth-order valence-corrected chi connectivity index (χ4v) is 6.11. The lowest BCUT2D eigenvalue weighted by Gasteiger charge is -2.36. The molecule has 3 rings (SSSR count). The average Bonchev–Trinajstić information content (AvgIpc) is 2.79. The molecule has 1 heterocycles. The minimum absolute atomic E-state index is 0.139. The van der Waals surface area contributed by atoms with Gasteiger partial charge in [0, 0.05) is 5.54 Å². The predicted octanol–water partition coefficient (Wildman–Crippen LogP) is 4.50. The van der Waals surface area contributed by atoms with Crippen molar-refractivity contribution < 1.29 is 13.2 Å². The number of sulfone groups is 1. The third kappa shape index (κ3) is 4.04. The van der Waals surface area contributed by atoms with Gasteiger partial charge in [-0.15, -0.1) is 0 Å². The van der Waals surface area contributed by atoms with Crippen molar-refractivity contribution >= 4 is 9.84 Å². The second-order valence-corrected chi connectivity index (χ2v) is 9.34. The lowest BCUT2D eigenvalue weighted by molar-refractivity contribution is 0.295. The Morgan fingerprint density at radius 3 is 2.44 bits per heavy atom. The summed E-state index contributed by atoms with van der Waals surface area (Å²) in [5.74, 6) is 0.932. The normalized spacial score (nSPS) is 24.0. The van der Waals surface area contributed by atoms with Crippen molar-refractivity contribution in [3.8, 4) is 5.75 Å². The van der Waals surface area contributed by atoms with Crippen LogP contribution in [0.5, 0.6) is 5.75 Å². The number of ether oxygens (including phenoxy) is 1. The monoisotopic (exact) mass is 387 g/mol. The molecule has 5 heteroatoms. The van der Waals surface area contributed by atoms with Crippen molar-refractivity contribution in [2.24, 2.45) is 0 Å². The maximum atomic E-state index is 13.2. The average molecular weight is 388 g/mol. The standard InChI is InChI=1S/C22H29NO3S/c1-4-6-15-22(5-2)16-27(24,25)20-10-8-7-9-19(20)21(23-22)17-11-13-18(26-3)14-12-17/h7-14,21,23H,4-6,15-16H2,1-3H3/t21-,22-/m1/s1. The fraction of sp³-hybridized carbons (Fsp3) is 0.455. The van der Waals surface area contributed by atoms with Crippen molar-refractivity contribution in [3.05, 3.63) is 59.7 Å². The van der Waals surface area contributed by atoms with E-state index in [1.54, 1.807) is 13.2 Å². The first-order valence-electron chi connectivity index (χ1n) is 9.68. The quantitative estimate of drug-likeness (QED) is 0.793. The van der Waals surface area contributed by atoms with Gasteiger partial charge in [-0.3, -0.25) is 5.32 Å². The van der Waals surface area contributed by atoms with Gasteiger partial charge in [0.2, 0.25) is 0 Å². The Labute approximate surface area is 162 Å². The van der Waals surface area contributed by atoms with Gasteiger partial charge in [-0.2, -0.15) is 0 Å². The van der Waals surface area contributed by atoms with Crippen LogP contribution in [-0.2, 0) is 9.84 Å².